The lowest BCUT2D eigenvalue weighted by molar-refractivity contribution is 0.520. The van der Waals surface area contributed by atoms with Crippen LogP contribution in [0.25, 0.3) is 0 Å². The normalized spacial score (nSPS) is 12.7. The molecule has 0 spiro atoms. The smallest absolute Gasteiger partial charge is 0.134 e. The summed E-state index contributed by atoms with van der Waals surface area (Å²) in [5.74, 6) is -1.09. The molecule has 0 aliphatic heterocycles. The van der Waals surface area contributed by atoms with Crippen molar-refractivity contribution in [2.24, 2.45) is 0 Å². The van der Waals surface area contributed by atoms with Crippen molar-refractivity contribution in [2.45, 2.75) is 13.0 Å². The first-order valence-corrected chi connectivity index (χ1v) is 7.51. The molecule has 1 unspecified atom stereocenters. The van der Waals surface area contributed by atoms with E-state index in [2.05, 4.69) is 21.2 Å². The van der Waals surface area contributed by atoms with Crippen LogP contribution >= 0.6 is 38.9 Å². The van der Waals surface area contributed by atoms with Crippen LogP contribution in [0.1, 0.15) is 22.0 Å². The zero-order valence-electron chi connectivity index (χ0n) is 10.2. The number of hydrogen-bond donors (Lipinski definition) is 1. The van der Waals surface area contributed by atoms with Crippen LogP contribution in [0.2, 0.25) is 4.34 Å². The molecule has 0 fully saturated rings. The van der Waals surface area contributed by atoms with Gasteiger partial charge in [-0.25, -0.2) is 8.78 Å². The highest BCUT2D eigenvalue weighted by Gasteiger charge is 2.24. The van der Waals surface area contributed by atoms with Gasteiger partial charge in [-0.1, -0.05) is 17.7 Å². The van der Waals surface area contributed by atoms with Crippen molar-refractivity contribution in [1.29, 1.82) is 0 Å². The maximum absolute atomic E-state index is 14.2. The highest BCUT2D eigenvalue weighted by molar-refractivity contribution is 9.10. The third-order valence-electron chi connectivity index (χ3n) is 2.85. The van der Waals surface area contributed by atoms with Crippen LogP contribution in [0.4, 0.5) is 8.78 Å². The Bertz CT molecular complexity index is 595. The van der Waals surface area contributed by atoms with Gasteiger partial charge in [-0.15, -0.1) is 11.3 Å². The van der Waals surface area contributed by atoms with Crippen LogP contribution in [-0.4, -0.2) is 7.05 Å². The number of benzene rings is 1. The fourth-order valence-corrected chi connectivity index (χ4v) is 3.73. The molecule has 0 amide bonds. The van der Waals surface area contributed by atoms with Gasteiger partial charge in [0.25, 0.3) is 0 Å². The third-order valence-corrected chi connectivity index (χ3v) is 5.39. The van der Waals surface area contributed by atoms with Gasteiger partial charge in [0.05, 0.1) is 6.04 Å². The Kier molecular flexibility index (Phi) is 4.61. The quantitative estimate of drug-likeness (QED) is 0.800. The van der Waals surface area contributed by atoms with Gasteiger partial charge in [-0.05, 0) is 47.6 Å². The summed E-state index contributed by atoms with van der Waals surface area (Å²) in [6, 6.07) is 3.92. The van der Waals surface area contributed by atoms with E-state index in [-0.39, 0.29) is 5.56 Å². The lowest BCUT2D eigenvalue weighted by atomic mass is 10.0. The second-order valence-electron chi connectivity index (χ2n) is 4.08. The first-order valence-electron chi connectivity index (χ1n) is 5.52. The standard InChI is InChI=1S/C13H11BrClF2NS/c1-6-3-4-8(16)10(11(6)17)12(18-2)9-5-7(14)13(15)19-9/h3-5,12,18H,1-2H3. The number of aryl methyl sites for hydroxylation is 1. The minimum Gasteiger partial charge on any atom is -0.308 e. The molecule has 0 bridgehead atoms. The van der Waals surface area contributed by atoms with Gasteiger partial charge in [0.1, 0.15) is 16.0 Å². The molecule has 19 heavy (non-hydrogen) atoms. The second kappa shape index (κ2) is 5.87. The van der Waals surface area contributed by atoms with Gasteiger partial charge in [-0.2, -0.15) is 0 Å². The SMILES string of the molecule is CNC(c1cc(Br)c(Cl)s1)c1c(F)ccc(C)c1F. The predicted molar refractivity (Wildman–Crippen MR) is 79.0 cm³/mol. The zero-order valence-corrected chi connectivity index (χ0v) is 13.4. The summed E-state index contributed by atoms with van der Waals surface area (Å²) in [6.45, 7) is 1.61. The Morgan fingerprint density at radius 3 is 2.58 bits per heavy atom. The molecule has 0 saturated heterocycles. The molecular formula is C13H11BrClF2NS. The van der Waals surface area contributed by atoms with Gasteiger partial charge in [-0.3, -0.25) is 0 Å². The molecular weight excluding hydrogens is 356 g/mol. The molecule has 0 radical (unpaired) electrons. The second-order valence-corrected chi connectivity index (χ2v) is 6.62. The number of rotatable bonds is 3. The van der Waals surface area contributed by atoms with Crippen molar-refractivity contribution in [3.63, 3.8) is 0 Å². The zero-order chi connectivity index (χ0) is 14.2. The number of hydrogen-bond acceptors (Lipinski definition) is 2. The van der Waals surface area contributed by atoms with Crippen molar-refractivity contribution >= 4 is 38.9 Å². The molecule has 102 valence electrons. The van der Waals surface area contributed by atoms with Gasteiger partial charge in [0.15, 0.2) is 0 Å². The van der Waals surface area contributed by atoms with Crippen molar-refractivity contribution in [3.8, 4) is 0 Å². The van der Waals surface area contributed by atoms with E-state index in [1.165, 1.54) is 23.5 Å². The summed E-state index contributed by atoms with van der Waals surface area (Å²) >= 11 is 10.6. The average Bonchev–Trinajstić information content (AvgIpc) is 2.70. The molecule has 1 atom stereocenters. The van der Waals surface area contributed by atoms with Gasteiger partial charge < -0.3 is 5.32 Å². The van der Waals surface area contributed by atoms with E-state index in [1.807, 2.05) is 0 Å². The van der Waals surface area contributed by atoms with E-state index < -0.39 is 17.7 Å². The van der Waals surface area contributed by atoms with Crippen LogP contribution in [0, 0.1) is 18.6 Å². The Morgan fingerprint density at radius 2 is 2.05 bits per heavy atom. The van der Waals surface area contributed by atoms with E-state index in [0.717, 1.165) is 9.35 Å². The lowest BCUT2D eigenvalue weighted by Crippen LogP contribution is -2.20. The first-order chi connectivity index (χ1) is 8.95. The maximum atomic E-state index is 14.2. The molecule has 0 saturated carbocycles. The molecule has 1 heterocycles. The monoisotopic (exact) mass is 365 g/mol. The molecule has 1 nitrogen and oxygen atoms in total. The van der Waals surface area contributed by atoms with Crippen LogP contribution in [0.3, 0.4) is 0 Å². The Balaban J connectivity index is 2.57. The molecule has 1 N–H and O–H groups in total. The minimum absolute atomic E-state index is 0.0212. The minimum atomic E-state index is -0.567. The van der Waals surface area contributed by atoms with Crippen molar-refractivity contribution in [2.75, 3.05) is 7.05 Å². The Labute approximate surface area is 127 Å². The highest BCUT2D eigenvalue weighted by atomic mass is 79.9. The predicted octanol–water partition coefficient (Wildman–Crippen LogP) is 5.06. The summed E-state index contributed by atoms with van der Waals surface area (Å²) in [7, 11) is 1.66. The van der Waals surface area contributed by atoms with E-state index in [9.17, 15) is 8.78 Å². The van der Waals surface area contributed by atoms with E-state index >= 15 is 0 Å². The molecule has 0 aliphatic rings. The van der Waals surface area contributed by atoms with Crippen LogP contribution in [0.15, 0.2) is 22.7 Å². The summed E-state index contributed by atoms with van der Waals surface area (Å²) in [4.78, 5) is 0.753. The van der Waals surface area contributed by atoms with Gasteiger partial charge >= 0.3 is 0 Å². The van der Waals surface area contributed by atoms with E-state index in [1.54, 1.807) is 20.0 Å². The van der Waals surface area contributed by atoms with Crippen molar-refractivity contribution < 1.29 is 8.78 Å². The number of thiophene rings is 1. The van der Waals surface area contributed by atoms with Crippen molar-refractivity contribution in [1.82, 2.24) is 5.32 Å². The number of nitrogens with one attached hydrogen (secondary N) is 1. The van der Waals surface area contributed by atoms with Crippen LogP contribution < -0.4 is 5.32 Å². The fourth-order valence-electron chi connectivity index (χ4n) is 1.88. The van der Waals surface area contributed by atoms with Crippen molar-refractivity contribution in [3.05, 3.63) is 54.6 Å². The fraction of sp³-hybridized carbons (Fsp3) is 0.231. The maximum Gasteiger partial charge on any atom is 0.134 e. The summed E-state index contributed by atoms with van der Waals surface area (Å²) in [5.41, 5.74) is 0.436. The first kappa shape index (κ1) is 14.9. The van der Waals surface area contributed by atoms with E-state index in [4.69, 9.17) is 11.6 Å². The largest absolute Gasteiger partial charge is 0.308 e. The topological polar surface area (TPSA) is 12.0 Å². The molecule has 0 aliphatic carbocycles. The molecule has 1 aromatic heterocycles. The Morgan fingerprint density at radius 1 is 1.37 bits per heavy atom. The summed E-state index contributed by atoms with van der Waals surface area (Å²) in [6.07, 6.45) is 0. The highest BCUT2D eigenvalue weighted by Crippen LogP contribution is 2.38. The van der Waals surface area contributed by atoms with Gasteiger partial charge in [0.2, 0.25) is 0 Å². The average molecular weight is 367 g/mol. The van der Waals surface area contributed by atoms with Gasteiger partial charge in [0, 0.05) is 14.9 Å². The number of halogens is 4. The summed E-state index contributed by atoms with van der Waals surface area (Å²) in [5, 5.41) is 2.94. The lowest BCUT2D eigenvalue weighted by Gasteiger charge is -2.17. The van der Waals surface area contributed by atoms with E-state index in [0.29, 0.717) is 9.90 Å². The van der Waals surface area contributed by atoms with Crippen LogP contribution in [-0.2, 0) is 0 Å². The molecule has 6 heteroatoms. The molecule has 1 aromatic carbocycles. The Hall–Kier alpha value is -0.490. The molecule has 2 rings (SSSR count). The summed E-state index contributed by atoms with van der Waals surface area (Å²) < 4.78 is 29.4. The van der Waals surface area contributed by atoms with Crippen LogP contribution in [0.5, 0.6) is 0 Å². The third kappa shape index (κ3) is 2.84. The molecule has 2 aromatic rings.